The zero-order chi connectivity index (χ0) is 16.7. The van der Waals surface area contributed by atoms with E-state index in [1.165, 1.54) is 5.56 Å². The number of nitrogens with zero attached hydrogens (tertiary/aromatic N) is 1. The van der Waals surface area contributed by atoms with Crippen molar-refractivity contribution in [3.63, 3.8) is 0 Å². The van der Waals surface area contributed by atoms with Crippen molar-refractivity contribution in [1.29, 1.82) is 0 Å². The Labute approximate surface area is 141 Å². The number of para-hydroxylation sites is 1. The fourth-order valence-electron chi connectivity index (χ4n) is 3.54. The van der Waals surface area contributed by atoms with Crippen LogP contribution >= 0.6 is 0 Å². The molecule has 0 N–H and O–H groups in total. The maximum Gasteiger partial charge on any atom is 0.169 e. The first-order valence-electron chi connectivity index (χ1n) is 8.20. The van der Waals surface area contributed by atoms with Crippen molar-refractivity contribution in [2.75, 3.05) is 0 Å². The van der Waals surface area contributed by atoms with Gasteiger partial charge < -0.3 is 4.74 Å². The van der Waals surface area contributed by atoms with E-state index in [0.717, 1.165) is 28.6 Å². The Morgan fingerprint density at radius 2 is 2.04 bits per heavy atom. The summed E-state index contributed by atoms with van der Waals surface area (Å²) in [6.07, 6.45) is 2.83. The molecule has 1 atom stereocenters. The summed E-state index contributed by atoms with van der Waals surface area (Å²) in [5, 5.41) is 1.00. The van der Waals surface area contributed by atoms with Crippen LogP contribution in [0, 0.1) is 6.92 Å². The number of hydrogen-bond acceptors (Lipinski definition) is 3. The van der Waals surface area contributed by atoms with Gasteiger partial charge in [0.25, 0.3) is 0 Å². The SMILES string of the molecule is Cc1cc(C(=O)CC2(C)Cc3ccccc3O2)c2ncccc2c1. The Balaban J connectivity index is 1.66. The summed E-state index contributed by atoms with van der Waals surface area (Å²) in [5.41, 5.74) is 3.20. The van der Waals surface area contributed by atoms with Crippen molar-refractivity contribution in [3.8, 4) is 5.75 Å². The molecule has 0 radical (unpaired) electrons. The first kappa shape index (κ1) is 14.9. The van der Waals surface area contributed by atoms with Gasteiger partial charge in [0.2, 0.25) is 0 Å². The second kappa shape index (κ2) is 5.45. The molecule has 24 heavy (non-hydrogen) atoms. The minimum atomic E-state index is -0.494. The third kappa shape index (κ3) is 2.56. The quantitative estimate of drug-likeness (QED) is 0.667. The smallest absolute Gasteiger partial charge is 0.169 e. The minimum absolute atomic E-state index is 0.0812. The first-order chi connectivity index (χ1) is 11.5. The highest BCUT2D eigenvalue weighted by Crippen LogP contribution is 2.37. The van der Waals surface area contributed by atoms with Gasteiger partial charge in [0.1, 0.15) is 11.4 Å². The Morgan fingerprint density at radius 1 is 1.21 bits per heavy atom. The lowest BCUT2D eigenvalue weighted by molar-refractivity contribution is 0.0744. The third-order valence-electron chi connectivity index (χ3n) is 4.58. The van der Waals surface area contributed by atoms with Gasteiger partial charge >= 0.3 is 0 Å². The summed E-state index contributed by atoms with van der Waals surface area (Å²) < 4.78 is 6.09. The molecule has 3 aromatic rings. The molecule has 2 aromatic carbocycles. The van der Waals surface area contributed by atoms with Crippen molar-refractivity contribution in [1.82, 2.24) is 4.98 Å². The number of aryl methyl sites for hydroxylation is 1. The standard InChI is InChI=1S/C21H19NO2/c1-14-10-15-7-5-9-22-20(15)17(11-14)18(23)13-21(2)12-16-6-3-4-8-19(16)24-21/h3-11H,12-13H2,1-2H3. The number of hydrogen-bond donors (Lipinski definition) is 0. The van der Waals surface area contributed by atoms with E-state index in [0.29, 0.717) is 12.0 Å². The summed E-state index contributed by atoms with van der Waals surface area (Å²) in [5.74, 6) is 0.970. The Hall–Kier alpha value is -2.68. The van der Waals surface area contributed by atoms with Crippen molar-refractivity contribution in [3.05, 3.63) is 71.4 Å². The monoisotopic (exact) mass is 317 g/mol. The molecule has 0 saturated heterocycles. The Kier molecular flexibility index (Phi) is 3.38. The molecule has 3 heteroatoms. The second-order valence-electron chi connectivity index (χ2n) is 6.82. The van der Waals surface area contributed by atoms with Gasteiger partial charge in [0.15, 0.2) is 5.78 Å². The van der Waals surface area contributed by atoms with Crippen LogP contribution in [0.3, 0.4) is 0 Å². The van der Waals surface area contributed by atoms with Crippen LogP contribution in [-0.4, -0.2) is 16.4 Å². The molecule has 4 rings (SSSR count). The number of aromatic nitrogens is 1. The number of ether oxygens (including phenoxy) is 1. The van der Waals surface area contributed by atoms with Crippen LogP contribution in [0.25, 0.3) is 10.9 Å². The fourth-order valence-corrected chi connectivity index (χ4v) is 3.54. The molecular formula is C21H19NO2. The molecule has 0 bridgehead atoms. The van der Waals surface area contributed by atoms with E-state index in [-0.39, 0.29) is 5.78 Å². The first-order valence-corrected chi connectivity index (χ1v) is 8.20. The van der Waals surface area contributed by atoms with Gasteiger partial charge in [-0.2, -0.15) is 0 Å². The number of benzene rings is 2. The number of Topliss-reactive ketones (excluding diaryl/α,β-unsaturated/α-hetero) is 1. The van der Waals surface area contributed by atoms with E-state index in [4.69, 9.17) is 4.74 Å². The van der Waals surface area contributed by atoms with Gasteiger partial charge in [-0.05, 0) is 49.2 Å². The van der Waals surface area contributed by atoms with Crippen LogP contribution in [0.2, 0.25) is 0 Å². The molecule has 3 nitrogen and oxygen atoms in total. The van der Waals surface area contributed by atoms with E-state index in [9.17, 15) is 4.79 Å². The Morgan fingerprint density at radius 3 is 2.88 bits per heavy atom. The average molecular weight is 317 g/mol. The molecule has 0 fully saturated rings. The van der Waals surface area contributed by atoms with E-state index < -0.39 is 5.60 Å². The van der Waals surface area contributed by atoms with Crippen LogP contribution in [0.5, 0.6) is 5.75 Å². The molecular weight excluding hydrogens is 298 g/mol. The van der Waals surface area contributed by atoms with Crippen molar-refractivity contribution in [2.24, 2.45) is 0 Å². The maximum atomic E-state index is 13.0. The van der Waals surface area contributed by atoms with Gasteiger partial charge in [0.05, 0.1) is 11.9 Å². The van der Waals surface area contributed by atoms with Crippen molar-refractivity contribution in [2.45, 2.75) is 32.3 Å². The number of carbonyl (C=O) groups excluding carboxylic acids is 1. The summed E-state index contributed by atoms with van der Waals surface area (Å²) >= 11 is 0. The molecule has 120 valence electrons. The Bertz CT molecular complexity index is 920. The van der Waals surface area contributed by atoms with E-state index in [1.807, 2.05) is 50.2 Å². The molecule has 1 unspecified atom stereocenters. The number of pyridine rings is 1. The highest BCUT2D eigenvalue weighted by Gasteiger charge is 2.37. The van der Waals surface area contributed by atoms with Crippen LogP contribution in [-0.2, 0) is 6.42 Å². The van der Waals surface area contributed by atoms with Crippen LogP contribution in [0.4, 0.5) is 0 Å². The summed E-state index contributed by atoms with van der Waals surface area (Å²) in [6.45, 7) is 4.02. The summed E-state index contributed by atoms with van der Waals surface area (Å²) in [6, 6.07) is 15.9. The van der Waals surface area contributed by atoms with Gasteiger partial charge in [-0.3, -0.25) is 9.78 Å². The minimum Gasteiger partial charge on any atom is -0.486 e. The van der Waals surface area contributed by atoms with Crippen LogP contribution in [0.15, 0.2) is 54.7 Å². The predicted molar refractivity (Wildman–Crippen MR) is 94.6 cm³/mol. The van der Waals surface area contributed by atoms with Crippen LogP contribution in [0.1, 0.15) is 34.8 Å². The molecule has 0 saturated carbocycles. The largest absolute Gasteiger partial charge is 0.486 e. The zero-order valence-corrected chi connectivity index (χ0v) is 13.9. The summed E-state index contributed by atoms with van der Waals surface area (Å²) in [4.78, 5) is 17.4. The third-order valence-corrected chi connectivity index (χ3v) is 4.58. The normalized spacial score (nSPS) is 19.1. The molecule has 1 aliphatic heterocycles. The lowest BCUT2D eigenvalue weighted by atomic mass is 9.90. The molecule has 0 spiro atoms. The lowest BCUT2D eigenvalue weighted by Crippen LogP contribution is -2.33. The number of rotatable bonds is 3. The molecule has 0 amide bonds. The topological polar surface area (TPSA) is 39.2 Å². The molecule has 1 aliphatic rings. The molecule has 0 aliphatic carbocycles. The maximum absolute atomic E-state index is 13.0. The lowest BCUT2D eigenvalue weighted by Gasteiger charge is -2.23. The molecule has 2 heterocycles. The van der Waals surface area contributed by atoms with E-state index in [2.05, 4.69) is 17.1 Å². The van der Waals surface area contributed by atoms with E-state index >= 15 is 0 Å². The van der Waals surface area contributed by atoms with Gasteiger partial charge in [-0.15, -0.1) is 0 Å². The number of carbonyl (C=O) groups is 1. The number of fused-ring (bicyclic) bond motifs is 2. The predicted octanol–water partition coefficient (Wildman–Crippen LogP) is 4.51. The van der Waals surface area contributed by atoms with Gasteiger partial charge in [0, 0.05) is 23.6 Å². The number of ketones is 1. The van der Waals surface area contributed by atoms with Gasteiger partial charge in [-0.25, -0.2) is 0 Å². The van der Waals surface area contributed by atoms with E-state index in [1.54, 1.807) is 6.20 Å². The highest BCUT2D eigenvalue weighted by atomic mass is 16.5. The summed E-state index contributed by atoms with van der Waals surface area (Å²) in [7, 11) is 0. The second-order valence-corrected chi connectivity index (χ2v) is 6.82. The average Bonchev–Trinajstić information content (AvgIpc) is 2.89. The fraction of sp³-hybridized carbons (Fsp3) is 0.238. The van der Waals surface area contributed by atoms with Gasteiger partial charge in [-0.1, -0.05) is 24.3 Å². The zero-order valence-electron chi connectivity index (χ0n) is 13.9. The molecule has 1 aromatic heterocycles. The van der Waals surface area contributed by atoms with Crippen molar-refractivity contribution >= 4 is 16.7 Å². The van der Waals surface area contributed by atoms with Crippen molar-refractivity contribution < 1.29 is 9.53 Å². The highest BCUT2D eigenvalue weighted by molar-refractivity contribution is 6.07. The van der Waals surface area contributed by atoms with Crippen LogP contribution < -0.4 is 4.74 Å².